The van der Waals surface area contributed by atoms with Gasteiger partial charge in [-0.2, -0.15) is 21.6 Å². The number of nitrogens with one attached hydrogen (secondary N) is 1. The molecular weight excluding hydrogens is 858 g/mol. The highest BCUT2D eigenvalue weighted by molar-refractivity contribution is 14.1. The van der Waals surface area contributed by atoms with Crippen LogP contribution in [0.5, 0.6) is 0 Å². The molecule has 0 saturated heterocycles. The quantitative estimate of drug-likeness (QED) is 0.162. The van der Waals surface area contributed by atoms with E-state index in [1.807, 2.05) is 63.4 Å². The van der Waals surface area contributed by atoms with Gasteiger partial charge in [0.1, 0.15) is 0 Å². The predicted octanol–water partition coefficient (Wildman–Crippen LogP) is 8.24. The van der Waals surface area contributed by atoms with Crippen LogP contribution in [0.3, 0.4) is 0 Å². The third kappa shape index (κ3) is 8.05. The second-order valence-electron chi connectivity index (χ2n) is 7.47. The summed E-state index contributed by atoms with van der Waals surface area (Å²) < 4.78 is 60.8. The van der Waals surface area contributed by atoms with Gasteiger partial charge in [-0.25, -0.2) is 4.72 Å². The lowest BCUT2D eigenvalue weighted by Crippen LogP contribution is -2.40. The highest BCUT2D eigenvalue weighted by Crippen LogP contribution is 2.33. The molecular formula is C26H18F3I3N2O3S. The van der Waals surface area contributed by atoms with Gasteiger partial charge in [0.05, 0.1) is 5.56 Å². The Bertz CT molecular complexity index is 1400. The van der Waals surface area contributed by atoms with Gasteiger partial charge in [0.25, 0.3) is 5.91 Å². The molecule has 4 rings (SSSR count). The normalized spacial score (nSPS) is 11.2. The molecule has 4 aromatic rings. The first-order valence-corrected chi connectivity index (χ1v) is 15.4. The van der Waals surface area contributed by atoms with Crippen molar-refractivity contribution in [2.75, 3.05) is 4.90 Å². The van der Waals surface area contributed by atoms with Crippen LogP contribution in [0.2, 0.25) is 0 Å². The number of hydrogen-bond acceptors (Lipinski definition) is 4. The van der Waals surface area contributed by atoms with Crippen molar-refractivity contribution < 1.29 is 26.4 Å². The van der Waals surface area contributed by atoms with E-state index in [2.05, 4.69) is 77.7 Å². The minimum absolute atomic E-state index is 0.121. The summed E-state index contributed by atoms with van der Waals surface area (Å²) in [5.41, 5.74) is -2.15. The zero-order chi connectivity index (χ0) is 27.9. The van der Waals surface area contributed by atoms with Crippen LogP contribution in [-0.2, 0) is 10.0 Å². The Hall–Kier alpha value is -1.92. The number of para-hydroxylation sites is 3. The number of carbonyl (C=O) groups excluding carboxylic acids is 1. The molecule has 0 aliphatic rings. The van der Waals surface area contributed by atoms with Gasteiger partial charge in [-0.15, -0.1) is 0 Å². The number of alkyl halides is 3. The standard InChI is InChI=1S/C18H15N.C8H3F3I3NO3S/c1-4-10-16(11-5-1)19(17-12-6-2-7-13-17)18-14-8-3-9-15-18;9-8(10,11)19(17,18)15-7(16)4-1-3(12)2-5(13)6(4)14/h1-15H;1-2H,(H,15,16). The maximum absolute atomic E-state index is 12.2. The van der Waals surface area contributed by atoms with Crippen molar-refractivity contribution in [2.24, 2.45) is 0 Å². The smallest absolute Gasteiger partial charge is 0.311 e. The van der Waals surface area contributed by atoms with Crippen molar-refractivity contribution >= 4 is 101 Å². The lowest BCUT2D eigenvalue weighted by atomic mass is 10.2. The van der Waals surface area contributed by atoms with Crippen LogP contribution in [0.15, 0.2) is 103 Å². The van der Waals surface area contributed by atoms with Gasteiger partial charge in [-0.3, -0.25) is 4.79 Å². The van der Waals surface area contributed by atoms with Crippen molar-refractivity contribution in [3.8, 4) is 0 Å². The molecule has 0 bridgehead atoms. The fourth-order valence-corrected chi connectivity index (χ4v) is 6.01. The molecule has 0 atom stereocenters. The number of amides is 1. The van der Waals surface area contributed by atoms with Crippen molar-refractivity contribution in [1.82, 2.24) is 4.72 Å². The highest BCUT2D eigenvalue weighted by atomic mass is 127. The van der Waals surface area contributed by atoms with Crippen molar-refractivity contribution in [2.45, 2.75) is 5.51 Å². The first-order chi connectivity index (χ1) is 17.9. The summed E-state index contributed by atoms with van der Waals surface area (Å²) in [6.45, 7) is 0. The summed E-state index contributed by atoms with van der Waals surface area (Å²) in [4.78, 5) is 13.9. The van der Waals surface area contributed by atoms with Crippen LogP contribution in [0.4, 0.5) is 30.2 Å². The first kappa shape index (κ1) is 30.6. The van der Waals surface area contributed by atoms with Crippen LogP contribution < -0.4 is 9.62 Å². The molecule has 0 unspecified atom stereocenters. The molecule has 0 aromatic heterocycles. The van der Waals surface area contributed by atoms with Gasteiger partial charge in [0.15, 0.2) is 0 Å². The molecule has 12 heteroatoms. The molecule has 0 fully saturated rings. The van der Waals surface area contributed by atoms with Crippen LogP contribution in [-0.4, -0.2) is 19.8 Å². The van der Waals surface area contributed by atoms with Crippen molar-refractivity contribution in [3.05, 3.63) is 119 Å². The molecule has 198 valence electrons. The maximum atomic E-state index is 12.2. The van der Waals surface area contributed by atoms with E-state index in [4.69, 9.17) is 0 Å². The molecule has 0 spiro atoms. The Kier molecular flexibility index (Phi) is 10.8. The van der Waals surface area contributed by atoms with Crippen molar-refractivity contribution in [3.63, 3.8) is 0 Å². The number of benzene rings is 4. The summed E-state index contributed by atoms with van der Waals surface area (Å²) in [6.07, 6.45) is 0. The molecule has 0 aliphatic carbocycles. The molecule has 0 aliphatic heterocycles. The molecule has 0 saturated carbocycles. The Morgan fingerprint density at radius 2 is 1.11 bits per heavy atom. The lowest BCUT2D eigenvalue weighted by molar-refractivity contribution is -0.0446. The predicted molar refractivity (Wildman–Crippen MR) is 168 cm³/mol. The minimum atomic E-state index is -5.70. The molecule has 4 aromatic carbocycles. The van der Waals surface area contributed by atoms with Crippen LogP contribution in [0.1, 0.15) is 10.4 Å². The number of halogens is 6. The summed E-state index contributed by atoms with van der Waals surface area (Å²) in [6, 6.07) is 34.3. The average molecular weight is 876 g/mol. The van der Waals surface area contributed by atoms with E-state index < -0.39 is 21.4 Å². The third-order valence-corrected chi connectivity index (χ3v) is 9.54. The van der Waals surface area contributed by atoms with E-state index >= 15 is 0 Å². The van der Waals surface area contributed by atoms with E-state index in [9.17, 15) is 26.4 Å². The largest absolute Gasteiger partial charge is 0.516 e. The second-order valence-corrected chi connectivity index (χ2v) is 12.6. The highest BCUT2D eigenvalue weighted by Gasteiger charge is 2.47. The molecule has 38 heavy (non-hydrogen) atoms. The number of rotatable bonds is 5. The summed E-state index contributed by atoms with van der Waals surface area (Å²) >= 11 is 5.53. The summed E-state index contributed by atoms with van der Waals surface area (Å²) in [5.74, 6) is -1.31. The Labute approximate surface area is 259 Å². The zero-order valence-electron chi connectivity index (χ0n) is 19.2. The van der Waals surface area contributed by atoms with E-state index in [1.54, 1.807) is 28.7 Å². The van der Waals surface area contributed by atoms with Crippen LogP contribution in [0.25, 0.3) is 0 Å². The fraction of sp³-hybridized carbons (Fsp3) is 0.0385. The summed E-state index contributed by atoms with van der Waals surface area (Å²) in [5, 5.41) is 0. The Balaban J connectivity index is 0.000000211. The Morgan fingerprint density at radius 1 is 0.711 bits per heavy atom. The van der Waals surface area contributed by atoms with Gasteiger partial charge in [0, 0.05) is 27.8 Å². The number of nitrogens with zero attached hydrogens (tertiary/aromatic N) is 1. The second kappa shape index (κ2) is 13.4. The van der Waals surface area contributed by atoms with Gasteiger partial charge in [0.2, 0.25) is 0 Å². The van der Waals surface area contributed by atoms with Crippen molar-refractivity contribution in [1.29, 1.82) is 0 Å². The molecule has 5 nitrogen and oxygen atoms in total. The maximum Gasteiger partial charge on any atom is 0.516 e. The molecule has 1 amide bonds. The first-order valence-electron chi connectivity index (χ1n) is 10.6. The van der Waals surface area contributed by atoms with Gasteiger partial charge in [-0.05, 0) is 116 Å². The van der Waals surface area contributed by atoms with Crippen LogP contribution in [0, 0.1) is 10.7 Å². The third-order valence-electron chi connectivity index (χ3n) is 4.81. The van der Waals surface area contributed by atoms with Gasteiger partial charge < -0.3 is 4.90 Å². The molecule has 1 N–H and O–H groups in total. The van der Waals surface area contributed by atoms with Crippen LogP contribution >= 0.6 is 67.8 Å². The lowest BCUT2D eigenvalue weighted by Gasteiger charge is -2.25. The number of sulfonamides is 1. The topological polar surface area (TPSA) is 66.5 Å². The average Bonchev–Trinajstić information content (AvgIpc) is 2.88. The Morgan fingerprint density at radius 3 is 1.47 bits per heavy atom. The van der Waals surface area contributed by atoms with E-state index in [0.29, 0.717) is 10.7 Å². The summed E-state index contributed by atoms with van der Waals surface area (Å²) in [7, 11) is -5.70. The molecule has 0 radical (unpaired) electrons. The minimum Gasteiger partial charge on any atom is -0.311 e. The fourth-order valence-electron chi connectivity index (χ4n) is 3.13. The number of hydrogen-bond donors (Lipinski definition) is 1. The van der Waals surface area contributed by atoms with E-state index in [-0.39, 0.29) is 5.56 Å². The zero-order valence-corrected chi connectivity index (χ0v) is 26.5. The van der Waals surface area contributed by atoms with Gasteiger partial charge in [-0.1, -0.05) is 54.6 Å². The number of anilines is 3. The monoisotopic (exact) mass is 876 g/mol. The van der Waals surface area contributed by atoms with Gasteiger partial charge >= 0.3 is 15.5 Å². The number of carbonyl (C=O) groups is 1. The SMILES string of the molecule is O=C(NS(=O)(=O)C(F)(F)F)c1cc(I)cc(I)c1I.c1ccc(N(c2ccccc2)c2ccccc2)cc1. The van der Waals surface area contributed by atoms with E-state index in [0.717, 1.165) is 4.72 Å². The van der Waals surface area contributed by atoms with E-state index in [1.165, 1.54) is 23.1 Å². The molecule has 0 heterocycles.